The van der Waals surface area contributed by atoms with E-state index in [1.807, 2.05) is 56.3 Å². The van der Waals surface area contributed by atoms with Crippen molar-refractivity contribution in [3.05, 3.63) is 71.3 Å². The van der Waals surface area contributed by atoms with Gasteiger partial charge in [-0.2, -0.15) is 0 Å². The summed E-state index contributed by atoms with van der Waals surface area (Å²) in [5, 5.41) is 3.11. The van der Waals surface area contributed by atoms with Crippen molar-refractivity contribution in [1.29, 1.82) is 0 Å². The number of carbonyl (C=O) groups is 1. The van der Waals surface area contributed by atoms with Gasteiger partial charge >= 0.3 is 0 Å². The lowest BCUT2D eigenvalue weighted by molar-refractivity contribution is -0.126. The van der Waals surface area contributed by atoms with Crippen molar-refractivity contribution in [2.45, 2.75) is 51.3 Å². The maximum Gasteiger partial charge on any atom is 0.223 e. The highest BCUT2D eigenvalue weighted by Crippen LogP contribution is 2.22. The van der Waals surface area contributed by atoms with Gasteiger partial charge in [-0.15, -0.1) is 0 Å². The second-order valence-electron chi connectivity index (χ2n) is 8.35. The normalized spacial score (nSPS) is 16.9. The van der Waals surface area contributed by atoms with Gasteiger partial charge in [0, 0.05) is 25.0 Å². The van der Waals surface area contributed by atoms with Gasteiger partial charge in [0.15, 0.2) is 0 Å². The van der Waals surface area contributed by atoms with E-state index in [9.17, 15) is 13.2 Å². The Labute approximate surface area is 180 Å². The maximum absolute atomic E-state index is 12.8. The van der Waals surface area contributed by atoms with Gasteiger partial charge in [0.2, 0.25) is 15.9 Å². The molecule has 1 heterocycles. The fourth-order valence-corrected chi connectivity index (χ4v) is 5.51. The molecule has 0 radical (unpaired) electrons. The molecule has 2 aromatic carbocycles. The van der Waals surface area contributed by atoms with Gasteiger partial charge in [-0.25, -0.2) is 12.7 Å². The number of rotatable bonds is 8. The summed E-state index contributed by atoms with van der Waals surface area (Å²) >= 11 is 0. The molecule has 1 saturated heterocycles. The van der Waals surface area contributed by atoms with Crippen LogP contribution >= 0.6 is 0 Å². The molecule has 0 spiro atoms. The van der Waals surface area contributed by atoms with Gasteiger partial charge in [-0.05, 0) is 50.7 Å². The van der Waals surface area contributed by atoms with Crippen LogP contribution in [-0.2, 0) is 27.0 Å². The van der Waals surface area contributed by atoms with E-state index in [1.165, 1.54) is 9.87 Å². The first-order valence-electron chi connectivity index (χ1n) is 10.7. The van der Waals surface area contributed by atoms with E-state index in [-0.39, 0.29) is 23.6 Å². The number of amides is 1. The highest BCUT2D eigenvalue weighted by Gasteiger charge is 2.31. The molecule has 3 rings (SSSR count). The van der Waals surface area contributed by atoms with Crippen molar-refractivity contribution in [3.8, 4) is 0 Å². The first kappa shape index (κ1) is 22.5. The fraction of sp³-hybridized carbons (Fsp3) is 0.458. The Bertz CT molecular complexity index is 936. The van der Waals surface area contributed by atoms with E-state index < -0.39 is 10.0 Å². The molecule has 30 heavy (non-hydrogen) atoms. The summed E-state index contributed by atoms with van der Waals surface area (Å²) < 4.78 is 27.1. The van der Waals surface area contributed by atoms with Crippen LogP contribution in [0.25, 0.3) is 0 Å². The highest BCUT2D eigenvalue weighted by molar-refractivity contribution is 7.88. The van der Waals surface area contributed by atoms with Crippen LogP contribution in [0.3, 0.4) is 0 Å². The van der Waals surface area contributed by atoms with Crippen molar-refractivity contribution in [2.24, 2.45) is 5.92 Å². The van der Waals surface area contributed by atoms with E-state index in [0.29, 0.717) is 25.9 Å². The molecular formula is C24H32N2O3S. The van der Waals surface area contributed by atoms with Crippen LogP contribution in [0.2, 0.25) is 0 Å². The number of piperidine rings is 1. The van der Waals surface area contributed by atoms with Crippen LogP contribution < -0.4 is 5.32 Å². The topological polar surface area (TPSA) is 66.5 Å². The summed E-state index contributed by atoms with van der Waals surface area (Å²) in [6.45, 7) is 4.80. The molecule has 0 aliphatic carbocycles. The number of sulfonamides is 1. The molecule has 1 aliphatic rings. The van der Waals surface area contributed by atoms with E-state index in [2.05, 4.69) is 17.4 Å². The molecule has 5 nitrogen and oxygen atoms in total. The predicted octanol–water partition coefficient (Wildman–Crippen LogP) is 3.67. The van der Waals surface area contributed by atoms with Crippen molar-refractivity contribution in [2.75, 3.05) is 13.1 Å². The number of hydrogen-bond acceptors (Lipinski definition) is 3. The highest BCUT2D eigenvalue weighted by atomic mass is 32.2. The maximum atomic E-state index is 12.8. The van der Waals surface area contributed by atoms with Gasteiger partial charge in [-0.1, -0.05) is 60.2 Å². The molecule has 6 heteroatoms. The van der Waals surface area contributed by atoms with Gasteiger partial charge < -0.3 is 5.32 Å². The lowest BCUT2D eigenvalue weighted by Gasteiger charge is -2.31. The number of aryl methyl sites for hydroxylation is 2. The summed E-state index contributed by atoms with van der Waals surface area (Å²) in [7, 11) is -3.36. The Morgan fingerprint density at radius 3 is 2.40 bits per heavy atom. The summed E-state index contributed by atoms with van der Waals surface area (Å²) in [5.74, 6) is -0.0527. The molecular weight excluding hydrogens is 396 g/mol. The Balaban J connectivity index is 1.45. The third-order valence-electron chi connectivity index (χ3n) is 5.75. The van der Waals surface area contributed by atoms with Crippen molar-refractivity contribution in [3.63, 3.8) is 0 Å². The molecule has 0 bridgehead atoms. The minimum absolute atomic E-state index is 0.0159. The smallest absolute Gasteiger partial charge is 0.223 e. The number of nitrogens with one attached hydrogen (secondary N) is 1. The zero-order chi connectivity index (χ0) is 21.6. The average molecular weight is 429 g/mol. The van der Waals surface area contributed by atoms with Gasteiger partial charge in [0.1, 0.15) is 0 Å². The molecule has 1 amide bonds. The van der Waals surface area contributed by atoms with Crippen molar-refractivity contribution in [1.82, 2.24) is 9.62 Å². The Kier molecular flexibility index (Phi) is 7.67. The second-order valence-corrected chi connectivity index (χ2v) is 10.3. The predicted molar refractivity (Wildman–Crippen MR) is 120 cm³/mol. The third kappa shape index (κ3) is 6.41. The van der Waals surface area contributed by atoms with Gasteiger partial charge in [-0.3, -0.25) is 4.79 Å². The summed E-state index contributed by atoms with van der Waals surface area (Å²) in [4.78, 5) is 12.6. The average Bonchev–Trinajstić information content (AvgIpc) is 2.73. The summed E-state index contributed by atoms with van der Waals surface area (Å²) in [5.41, 5.74) is 3.13. The number of carbonyl (C=O) groups excluding carboxylic acids is 1. The monoisotopic (exact) mass is 428 g/mol. The van der Waals surface area contributed by atoms with Crippen LogP contribution in [0.15, 0.2) is 54.6 Å². The minimum atomic E-state index is -3.36. The summed E-state index contributed by atoms with van der Waals surface area (Å²) in [6, 6.07) is 18.0. The molecule has 1 aliphatic heterocycles. The number of benzene rings is 2. The molecule has 0 saturated carbocycles. The Morgan fingerprint density at radius 2 is 1.73 bits per heavy atom. The second kappa shape index (κ2) is 10.2. The van der Waals surface area contributed by atoms with Crippen LogP contribution in [0.4, 0.5) is 0 Å². The number of nitrogens with zero attached hydrogens (tertiary/aromatic N) is 1. The zero-order valence-corrected chi connectivity index (χ0v) is 18.7. The zero-order valence-electron chi connectivity index (χ0n) is 17.9. The standard InChI is InChI=1S/C24H32N2O3S/c1-19-7-6-10-22(17-19)18-30(28,29)26-15-13-23(14-16-26)24(27)25-20(2)11-12-21-8-4-3-5-9-21/h3-10,17,20,23H,11-16,18H2,1-2H3,(H,25,27). The van der Waals surface area contributed by atoms with Crippen molar-refractivity contribution >= 4 is 15.9 Å². The lowest BCUT2D eigenvalue weighted by Crippen LogP contribution is -2.45. The fourth-order valence-electron chi connectivity index (χ4n) is 3.96. The SMILES string of the molecule is Cc1cccc(CS(=O)(=O)N2CCC(C(=O)NC(C)CCc3ccccc3)CC2)c1. The largest absolute Gasteiger partial charge is 0.353 e. The molecule has 0 aromatic heterocycles. The molecule has 2 aromatic rings. The number of hydrogen-bond donors (Lipinski definition) is 1. The van der Waals surface area contributed by atoms with Crippen LogP contribution in [0, 0.1) is 12.8 Å². The van der Waals surface area contributed by atoms with E-state index in [0.717, 1.165) is 24.0 Å². The van der Waals surface area contributed by atoms with E-state index in [1.54, 1.807) is 0 Å². The Hall–Kier alpha value is -2.18. The Morgan fingerprint density at radius 1 is 1.07 bits per heavy atom. The molecule has 1 atom stereocenters. The van der Waals surface area contributed by atoms with Crippen LogP contribution in [0.5, 0.6) is 0 Å². The van der Waals surface area contributed by atoms with E-state index >= 15 is 0 Å². The van der Waals surface area contributed by atoms with E-state index in [4.69, 9.17) is 0 Å². The lowest BCUT2D eigenvalue weighted by atomic mass is 9.96. The van der Waals surface area contributed by atoms with Gasteiger partial charge in [0.05, 0.1) is 5.75 Å². The first-order valence-corrected chi connectivity index (χ1v) is 12.3. The third-order valence-corrected chi connectivity index (χ3v) is 7.60. The molecule has 1 unspecified atom stereocenters. The quantitative estimate of drug-likeness (QED) is 0.698. The first-order chi connectivity index (χ1) is 14.3. The minimum Gasteiger partial charge on any atom is -0.353 e. The molecule has 1 fully saturated rings. The molecule has 1 N–H and O–H groups in total. The van der Waals surface area contributed by atoms with Crippen LogP contribution in [-0.4, -0.2) is 37.8 Å². The summed E-state index contributed by atoms with van der Waals surface area (Å²) in [6.07, 6.45) is 2.96. The molecule has 162 valence electrons. The van der Waals surface area contributed by atoms with Gasteiger partial charge in [0.25, 0.3) is 0 Å². The van der Waals surface area contributed by atoms with Crippen molar-refractivity contribution < 1.29 is 13.2 Å². The van der Waals surface area contributed by atoms with Crippen LogP contribution in [0.1, 0.15) is 42.9 Å².